The third-order valence-corrected chi connectivity index (χ3v) is 8.40. The standard InChI is InChI=1S/C29H58N2/c1-5-9-12-14-17-20-26(19-16-11-7-3)23-30-24-29-22-28(30)25-31(29)27(8-4)21-18-15-13-10-6-2/h26-29H,5-25H2,1-4H3/t26?,27?,28-,29-/m1/s1. The molecule has 4 atom stereocenters. The number of piperazine rings is 1. The first kappa shape index (κ1) is 27.2. The minimum absolute atomic E-state index is 0.859. The van der Waals surface area contributed by atoms with Crippen molar-refractivity contribution in [2.24, 2.45) is 5.92 Å². The lowest BCUT2D eigenvalue weighted by Crippen LogP contribution is -2.51. The Labute approximate surface area is 196 Å². The van der Waals surface area contributed by atoms with Crippen LogP contribution in [0.3, 0.4) is 0 Å². The Kier molecular flexibility index (Phi) is 14.5. The van der Waals surface area contributed by atoms with Gasteiger partial charge in [-0.05, 0) is 38.0 Å². The summed E-state index contributed by atoms with van der Waals surface area (Å²) in [5.74, 6) is 0.960. The van der Waals surface area contributed by atoms with Gasteiger partial charge in [-0.2, -0.15) is 0 Å². The highest BCUT2D eigenvalue weighted by Gasteiger charge is 2.45. The fourth-order valence-corrected chi connectivity index (χ4v) is 6.42. The molecule has 2 bridgehead atoms. The van der Waals surface area contributed by atoms with Crippen LogP contribution in [0.5, 0.6) is 0 Å². The molecule has 2 aliphatic rings. The van der Waals surface area contributed by atoms with E-state index in [1.165, 1.54) is 135 Å². The lowest BCUT2D eigenvalue weighted by atomic mass is 9.93. The molecular weight excluding hydrogens is 376 g/mol. The molecule has 2 saturated heterocycles. The summed E-state index contributed by atoms with van der Waals surface area (Å²) in [6.07, 6.45) is 25.8. The Morgan fingerprint density at radius 3 is 1.71 bits per heavy atom. The summed E-state index contributed by atoms with van der Waals surface area (Å²) in [6, 6.07) is 2.59. The van der Waals surface area contributed by atoms with Crippen LogP contribution in [0.25, 0.3) is 0 Å². The normalized spacial score (nSPS) is 23.6. The summed E-state index contributed by atoms with van der Waals surface area (Å²) < 4.78 is 0. The fraction of sp³-hybridized carbons (Fsp3) is 1.00. The van der Waals surface area contributed by atoms with Gasteiger partial charge in [-0.25, -0.2) is 0 Å². The van der Waals surface area contributed by atoms with E-state index in [1.807, 2.05) is 0 Å². The van der Waals surface area contributed by atoms with E-state index in [1.54, 1.807) is 0 Å². The van der Waals surface area contributed by atoms with Crippen LogP contribution in [-0.2, 0) is 0 Å². The number of hydrogen-bond acceptors (Lipinski definition) is 2. The maximum absolute atomic E-state index is 2.94. The molecule has 0 spiro atoms. The minimum atomic E-state index is 0.859. The molecule has 184 valence electrons. The number of unbranched alkanes of at least 4 members (excludes halogenated alkanes) is 10. The van der Waals surface area contributed by atoms with Crippen molar-refractivity contribution in [3.05, 3.63) is 0 Å². The van der Waals surface area contributed by atoms with Crippen LogP contribution in [0.1, 0.15) is 143 Å². The molecule has 2 rings (SSSR count). The van der Waals surface area contributed by atoms with Gasteiger partial charge in [0.25, 0.3) is 0 Å². The van der Waals surface area contributed by atoms with Crippen LogP contribution in [0.2, 0.25) is 0 Å². The fourth-order valence-electron chi connectivity index (χ4n) is 6.42. The molecule has 0 N–H and O–H groups in total. The van der Waals surface area contributed by atoms with E-state index < -0.39 is 0 Å². The van der Waals surface area contributed by atoms with Crippen LogP contribution in [-0.4, -0.2) is 47.6 Å². The summed E-state index contributed by atoms with van der Waals surface area (Å²) in [5, 5.41) is 0. The third-order valence-electron chi connectivity index (χ3n) is 8.40. The molecule has 2 unspecified atom stereocenters. The van der Waals surface area contributed by atoms with Gasteiger partial charge in [-0.1, -0.05) is 111 Å². The molecule has 31 heavy (non-hydrogen) atoms. The highest BCUT2D eigenvalue weighted by Crippen LogP contribution is 2.35. The van der Waals surface area contributed by atoms with Gasteiger partial charge in [0.05, 0.1) is 0 Å². The van der Waals surface area contributed by atoms with Gasteiger partial charge < -0.3 is 0 Å². The first-order valence-corrected chi connectivity index (χ1v) is 14.7. The summed E-state index contributed by atoms with van der Waals surface area (Å²) >= 11 is 0. The molecule has 0 saturated carbocycles. The SMILES string of the molecule is CCCCCCCC(CCCCC)CN1C[C@H]2C[C@@H]1CN2C(CC)CCCCCCC. The van der Waals surface area contributed by atoms with E-state index in [0.717, 1.165) is 24.0 Å². The predicted molar refractivity (Wildman–Crippen MR) is 139 cm³/mol. The molecule has 0 aromatic heterocycles. The van der Waals surface area contributed by atoms with Crippen molar-refractivity contribution < 1.29 is 0 Å². The first-order chi connectivity index (χ1) is 15.2. The lowest BCUT2D eigenvalue weighted by Gasteiger charge is -2.40. The van der Waals surface area contributed by atoms with Crippen LogP contribution in [0, 0.1) is 5.92 Å². The summed E-state index contributed by atoms with van der Waals surface area (Å²) in [7, 11) is 0. The number of nitrogens with zero attached hydrogens (tertiary/aromatic N) is 2. The van der Waals surface area contributed by atoms with Crippen molar-refractivity contribution in [3.63, 3.8) is 0 Å². The van der Waals surface area contributed by atoms with Gasteiger partial charge in [-0.3, -0.25) is 9.80 Å². The van der Waals surface area contributed by atoms with E-state index in [2.05, 4.69) is 37.5 Å². The number of hydrogen-bond donors (Lipinski definition) is 0. The van der Waals surface area contributed by atoms with Gasteiger partial charge in [0.15, 0.2) is 0 Å². The summed E-state index contributed by atoms with van der Waals surface area (Å²) in [5.41, 5.74) is 0. The zero-order chi connectivity index (χ0) is 22.3. The Morgan fingerprint density at radius 2 is 1.16 bits per heavy atom. The third kappa shape index (κ3) is 9.75. The zero-order valence-electron chi connectivity index (χ0n) is 22.1. The van der Waals surface area contributed by atoms with Crippen molar-refractivity contribution >= 4 is 0 Å². The molecule has 2 nitrogen and oxygen atoms in total. The average molecular weight is 435 g/mol. The van der Waals surface area contributed by atoms with Crippen molar-refractivity contribution in [2.75, 3.05) is 19.6 Å². The molecule has 2 fully saturated rings. The number of likely N-dealkylation sites (tertiary alicyclic amines) is 2. The Hall–Kier alpha value is -0.0800. The van der Waals surface area contributed by atoms with E-state index in [9.17, 15) is 0 Å². The van der Waals surface area contributed by atoms with Crippen molar-refractivity contribution in [2.45, 2.75) is 161 Å². The van der Waals surface area contributed by atoms with Gasteiger partial charge in [0.2, 0.25) is 0 Å². The Bertz CT molecular complexity index is 423. The smallest absolute Gasteiger partial charge is 0.0242 e. The second-order valence-electron chi connectivity index (χ2n) is 11.0. The highest BCUT2D eigenvalue weighted by atomic mass is 15.4. The largest absolute Gasteiger partial charge is 0.297 e. The lowest BCUT2D eigenvalue weighted by molar-refractivity contribution is 0.0734. The highest BCUT2D eigenvalue weighted by molar-refractivity contribution is 5.01. The molecule has 2 heterocycles. The van der Waals surface area contributed by atoms with Crippen molar-refractivity contribution in [1.82, 2.24) is 9.80 Å². The molecule has 2 aliphatic heterocycles. The second-order valence-corrected chi connectivity index (χ2v) is 11.0. The minimum Gasteiger partial charge on any atom is -0.297 e. The molecular formula is C29H58N2. The number of rotatable bonds is 20. The molecule has 0 aliphatic carbocycles. The van der Waals surface area contributed by atoms with E-state index in [0.29, 0.717) is 0 Å². The van der Waals surface area contributed by atoms with E-state index >= 15 is 0 Å². The maximum atomic E-state index is 2.94. The Morgan fingerprint density at radius 1 is 0.613 bits per heavy atom. The Balaban J connectivity index is 1.74. The van der Waals surface area contributed by atoms with Crippen LogP contribution < -0.4 is 0 Å². The van der Waals surface area contributed by atoms with Gasteiger partial charge >= 0.3 is 0 Å². The molecule has 0 aromatic carbocycles. The monoisotopic (exact) mass is 434 g/mol. The summed E-state index contributed by atoms with van der Waals surface area (Å²) in [6.45, 7) is 13.6. The van der Waals surface area contributed by atoms with Crippen molar-refractivity contribution in [3.8, 4) is 0 Å². The zero-order valence-corrected chi connectivity index (χ0v) is 22.1. The second kappa shape index (κ2) is 16.5. The molecule has 0 radical (unpaired) electrons. The first-order valence-electron chi connectivity index (χ1n) is 14.7. The average Bonchev–Trinajstić information content (AvgIpc) is 3.36. The van der Waals surface area contributed by atoms with Crippen LogP contribution >= 0.6 is 0 Å². The van der Waals surface area contributed by atoms with Gasteiger partial charge in [-0.15, -0.1) is 0 Å². The predicted octanol–water partition coefficient (Wildman–Crippen LogP) is 8.44. The quantitative estimate of drug-likeness (QED) is 0.177. The van der Waals surface area contributed by atoms with Gasteiger partial charge in [0.1, 0.15) is 0 Å². The molecule has 2 heteroatoms. The molecule has 0 aromatic rings. The maximum Gasteiger partial charge on any atom is 0.0242 e. The van der Waals surface area contributed by atoms with E-state index in [4.69, 9.17) is 0 Å². The summed E-state index contributed by atoms with van der Waals surface area (Å²) in [4.78, 5) is 5.87. The van der Waals surface area contributed by atoms with E-state index in [-0.39, 0.29) is 0 Å². The number of fused-ring (bicyclic) bond motifs is 2. The van der Waals surface area contributed by atoms with Crippen LogP contribution in [0.15, 0.2) is 0 Å². The van der Waals surface area contributed by atoms with Crippen molar-refractivity contribution in [1.29, 1.82) is 0 Å². The molecule has 0 amide bonds. The van der Waals surface area contributed by atoms with Gasteiger partial charge in [0, 0.05) is 37.8 Å². The topological polar surface area (TPSA) is 6.48 Å². The van der Waals surface area contributed by atoms with Crippen LogP contribution in [0.4, 0.5) is 0 Å².